The zero-order chi connectivity index (χ0) is 22.0. The molecule has 0 unspecified atom stereocenters. The fraction of sp³-hybridized carbons (Fsp3) is 0.478. The van der Waals surface area contributed by atoms with Crippen molar-refractivity contribution in [2.45, 2.75) is 26.1 Å². The normalized spacial score (nSPS) is 23.2. The van der Waals surface area contributed by atoms with Crippen molar-refractivity contribution < 1.29 is 33.5 Å². The molecule has 30 heavy (non-hydrogen) atoms. The van der Waals surface area contributed by atoms with Crippen molar-refractivity contribution in [2.75, 3.05) is 35.5 Å². The molecule has 7 nitrogen and oxygen atoms in total. The summed E-state index contributed by atoms with van der Waals surface area (Å²) in [5.74, 6) is 2.82. The van der Waals surface area contributed by atoms with Crippen molar-refractivity contribution in [3.8, 4) is 34.5 Å². The maximum Gasteiger partial charge on any atom is 0.203 e. The summed E-state index contributed by atoms with van der Waals surface area (Å²) in [5, 5.41) is 10.2. The fourth-order valence-corrected chi connectivity index (χ4v) is 4.07. The minimum absolute atomic E-state index is 0.0244. The van der Waals surface area contributed by atoms with E-state index < -0.39 is 0 Å². The van der Waals surface area contributed by atoms with Gasteiger partial charge in [0.05, 0.1) is 47.8 Å². The fourth-order valence-electron chi connectivity index (χ4n) is 4.07. The highest BCUT2D eigenvalue weighted by molar-refractivity contribution is 5.55. The van der Waals surface area contributed by atoms with Gasteiger partial charge in [0.25, 0.3) is 0 Å². The van der Waals surface area contributed by atoms with E-state index in [0.717, 1.165) is 11.1 Å². The van der Waals surface area contributed by atoms with E-state index in [1.54, 1.807) is 33.5 Å². The average molecular weight is 418 g/mol. The third-order valence-corrected chi connectivity index (χ3v) is 5.92. The van der Waals surface area contributed by atoms with Gasteiger partial charge in [0, 0.05) is 0 Å². The highest BCUT2D eigenvalue weighted by Crippen LogP contribution is 2.53. The Bertz CT molecular complexity index is 845. The minimum atomic E-state index is -0.201. The van der Waals surface area contributed by atoms with Crippen LogP contribution in [-0.2, 0) is 4.74 Å². The van der Waals surface area contributed by atoms with Gasteiger partial charge in [-0.25, -0.2) is 0 Å². The second kappa shape index (κ2) is 8.92. The van der Waals surface area contributed by atoms with Gasteiger partial charge in [0.2, 0.25) is 11.5 Å². The molecule has 0 radical (unpaired) electrons. The molecule has 2 aromatic rings. The first-order chi connectivity index (χ1) is 14.4. The molecule has 2 aromatic carbocycles. The molecule has 1 saturated heterocycles. The highest BCUT2D eigenvalue weighted by Gasteiger charge is 2.41. The SMILES string of the molecule is COc1cc([C@H]2O[C@@H](c3cc(OC)c(OC)c(OC)c3)[C@@H](C)[C@H]2C)cc(OC)c1O. The number of methoxy groups -OCH3 is 5. The predicted octanol–water partition coefficient (Wildman–Crippen LogP) is 4.52. The molecule has 7 heteroatoms. The maximum absolute atomic E-state index is 10.2. The molecule has 1 fully saturated rings. The Kier molecular flexibility index (Phi) is 6.51. The lowest BCUT2D eigenvalue weighted by molar-refractivity contribution is 0.0285. The second-order valence-electron chi connectivity index (χ2n) is 7.43. The largest absolute Gasteiger partial charge is 0.502 e. The van der Waals surface area contributed by atoms with Crippen molar-refractivity contribution in [3.05, 3.63) is 35.4 Å². The summed E-state index contributed by atoms with van der Waals surface area (Å²) >= 11 is 0. The summed E-state index contributed by atoms with van der Waals surface area (Å²) < 4.78 is 33.6. The zero-order valence-corrected chi connectivity index (χ0v) is 18.5. The van der Waals surface area contributed by atoms with Crippen molar-refractivity contribution in [2.24, 2.45) is 11.8 Å². The van der Waals surface area contributed by atoms with Crippen LogP contribution in [0.15, 0.2) is 24.3 Å². The number of ether oxygens (including phenoxy) is 6. The van der Waals surface area contributed by atoms with Gasteiger partial charge in [-0.2, -0.15) is 0 Å². The number of benzene rings is 2. The first-order valence-electron chi connectivity index (χ1n) is 9.80. The third kappa shape index (κ3) is 3.69. The average Bonchev–Trinajstić information content (AvgIpc) is 3.07. The second-order valence-corrected chi connectivity index (χ2v) is 7.43. The zero-order valence-electron chi connectivity index (χ0n) is 18.5. The first kappa shape index (κ1) is 21.9. The van der Waals surface area contributed by atoms with Crippen LogP contribution in [0, 0.1) is 11.8 Å². The summed E-state index contributed by atoms with van der Waals surface area (Å²) in [6.45, 7) is 4.31. The molecule has 4 atom stereocenters. The summed E-state index contributed by atoms with van der Waals surface area (Å²) in [6, 6.07) is 7.44. The Labute approximate surface area is 177 Å². The first-order valence-corrected chi connectivity index (χ1v) is 9.80. The molecule has 0 bridgehead atoms. The van der Waals surface area contributed by atoms with Crippen LogP contribution in [-0.4, -0.2) is 40.7 Å². The monoisotopic (exact) mass is 418 g/mol. The van der Waals surface area contributed by atoms with E-state index in [1.165, 1.54) is 14.2 Å². The van der Waals surface area contributed by atoms with Crippen molar-refractivity contribution >= 4 is 0 Å². The van der Waals surface area contributed by atoms with E-state index in [2.05, 4.69) is 13.8 Å². The quantitative estimate of drug-likeness (QED) is 0.708. The van der Waals surface area contributed by atoms with Gasteiger partial charge in [-0.05, 0) is 47.2 Å². The maximum atomic E-state index is 10.2. The van der Waals surface area contributed by atoms with Gasteiger partial charge in [-0.15, -0.1) is 0 Å². The summed E-state index contributed by atoms with van der Waals surface area (Å²) in [4.78, 5) is 0. The molecule has 1 aliphatic rings. The van der Waals surface area contributed by atoms with Crippen LogP contribution in [0.25, 0.3) is 0 Å². The summed E-state index contributed by atoms with van der Waals surface area (Å²) in [7, 11) is 7.80. The Morgan fingerprint density at radius 2 is 1.00 bits per heavy atom. The third-order valence-electron chi connectivity index (χ3n) is 5.92. The number of rotatable bonds is 7. The van der Waals surface area contributed by atoms with Crippen molar-refractivity contribution in [1.29, 1.82) is 0 Å². The van der Waals surface area contributed by atoms with Crippen LogP contribution in [0.1, 0.15) is 37.2 Å². The smallest absolute Gasteiger partial charge is 0.203 e. The molecule has 0 saturated carbocycles. The van der Waals surface area contributed by atoms with Gasteiger partial charge in [0.15, 0.2) is 23.0 Å². The van der Waals surface area contributed by atoms with E-state index in [4.69, 9.17) is 28.4 Å². The molecule has 164 valence electrons. The van der Waals surface area contributed by atoms with Crippen LogP contribution in [0.3, 0.4) is 0 Å². The molecule has 3 rings (SSSR count). The molecule has 0 spiro atoms. The number of aromatic hydroxyl groups is 1. The van der Waals surface area contributed by atoms with Crippen LogP contribution in [0.4, 0.5) is 0 Å². The molecule has 1 heterocycles. The Hall–Kier alpha value is -2.80. The Morgan fingerprint density at radius 3 is 1.33 bits per heavy atom. The topological polar surface area (TPSA) is 75.6 Å². The lowest BCUT2D eigenvalue weighted by Crippen LogP contribution is -2.10. The van der Waals surface area contributed by atoms with E-state index in [1.807, 2.05) is 12.1 Å². The standard InChI is InChI=1S/C23H30O7/c1-12-13(2)22(15-10-18(27-5)23(29-7)19(11-15)28-6)30-21(12)14-8-16(25-3)20(24)17(9-14)26-4/h8-13,21-22,24H,1-7H3/t12-,13+,21+,22-/m1/s1. The van der Waals surface area contributed by atoms with Crippen molar-refractivity contribution in [1.82, 2.24) is 0 Å². The number of phenolic OH excluding ortho intramolecular Hbond substituents is 1. The van der Waals surface area contributed by atoms with Crippen LogP contribution >= 0.6 is 0 Å². The molecular weight excluding hydrogens is 388 g/mol. The van der Waals surface area contributed by atoms with Gasteiger partial charge in [-0.3, -0.25) is 0 Å². The minimum Gasteiger partial charge on any atom is -0.502 e. The lowest BCUT2D eigenvalue weighted by atomic mass is 9.85. The van der Waals surface area contributed by atoms with E-state index in [9.17, 15) is 5.11 Å². The summed E-state index contributed by atoms with van der Waals surface area (Å²) in [6.07, 6.45) is -0.378. The predicted molar refractivity (Wildman–Crippen MR) is 112 cm³/mol. The van der Waals surface area contributed by atoms with Crippen LogP contribution < -0.4 is 23.7 Å². The van der Waals surface area contributed by atoms with Crippen LogP contribution in [0.5, 0.6) is 34.5 Å². The summed E-state index contributed by atoms with van der Waals surface area (Å²) in [5.41, 5.74) is 1.83. The van der Waals surface area contributed by atoms with Crippen molar-refractivity contribution in [3.63, 3.8) is 0 Å². The Balaban J connectivity index is 2.00. The van der Waals surface area contributed by atoms with E-state index in [-0.39, 0.29) is 29.8 Å². The number of hydrogen-bond acceptors (Lipinski definition) is 7. The lowest BCUT2D eigenvalue weighted by Gasteiger charge is -2.20. The van der Waals surface area contributed by atoms with Gasteiger partial charge in [-0.1, -0.05) is 13.8 Å². The molecule has 1 aliphatic heterocycles. The molecule has 1 N–H and O–H groups in total. The van der Waals surface area contributed by atoms with Gasteiger partial charge >= 0.3 is 0 Å². The van der Waals surface area contributed by atoms with E-state index >= 15 is 0 Å². The van der Waals surface area contributed by atoms with Gasteiger partial charge < -0.3 is 33.5 Å². The number of hydrogen-bond donors (Lipinski definition) is 1. The molecule has 0 amide bonds. The van der Waals surface area contributed by atoms with Gasteiger partial charge in [0.1, 0.15) is 0 Å². The Morgan fingerprint density at radius 1 is 0.633 bits per heavy atom. The highest BCUT2D eigenvalue weighted by atomic mass is 16.5. The molecule has 0 aromatic heterocycles. The number of phenols is 1. The van der Waals surface area contributed by atoms with Crippen LogP contribution in [0.2, 0.25) is 0 Å². The molecule has 0 aliphatic carbocycles. The molecular formula is C23H30O7. The van der Waals surface area contributed by atoms with E-state index in [0.29, 0.717) is 28.7 Å².